The number of rotatable bonds is 8. The number of hydrogen-bond acceptors (Lipinski definition) is 1. The molecule has 0 bridgehead atoms. The SMILES string of the molecule is CCCCCCCCNc1cccc2c1CCCC2. The Hall–Kier alpha value is -0.980. The van der Waals surface area contributed by atoms with E-state index in [0.29, 0.717) is 0 Å². The van der Waals surface area contributed by atoms with E-state index in [1.165, 1.54) is 69.9 Å². The van der Waals surface area contributed by atoms with Crippen LogP contribution in [0.25, 0.3) is 0 Å². The molecular weight excluding hydrogens is 230 g/mol. The summed E-state index contributed by atoms with van der Waals surface area (Å²) in [6.07, 6.45) is 13.5. The van der Waals surface area contributed by atoms with E-state index >= 15 is 0 Å². The van der Waals surface area contributed by atoms with Crippen molar-refractivity contribution in [1.29, 1.82) is 0 Å². The van der Waals surface area contributed by atoms with E-state index in [1.807, 2.05) is 0 Å². The van der Waals surface area contributed by atoms with Crippen molar-refractivity contribution < 1.29 is 0 Å². The zero-order valence-electron chi connectivity index (χ0n) is 12.5. The van der Waals surface area contributed by atoms with Crippen LogP contribution in [-0.2, 0) is 12.8 Å². The van der Waals surface area contributed by atoms with Crippen molar-refractivity contribution in [2.24, 2.45) is 0 Å². The molecule has 0 atom stereocenters. The Morgan fingerprint density at radius 1 is 0.947 bits per heavy atom. The van der Waals surface area contributed by atoms with Gasteiger partial charge in [-0.1, -0.05) is 51.2 Å². The highest BCUT2D eigenvalue weighted by Crippen LogP contribution is 2.27. The first-order chi connectivity index (χ1) is 9.42. The van der Waals surface area contributed by atoms with Crippen molar-refractivity contribution in [2.45, 2.75) is 71.1 Å². The minimum atomic E-state index is 1.14. The summed E-state index contributed by atoms with van der Waals surface area (Å²) < 4.78 is 0. The summed E-state index contributed by atoms with van der Waals surface area (Å²) in [4.78, 5) is 0. The van der Waals surface area contributed by atoms with Gasteiger partial charge in [-0.15, -0.1) is 0 Å². The van der Waals surface area contributed by atoms with E-state index in [-0.39, 0.29) is 0 Å². The van der Waals surface area contributed by atoms with Crippen LogP contribution in [0.4, 0.5) is 5.69 Å². The van der Waals surface area contributed by atoms with E-state index in [2.05, 4.69) is 30.4 Å². The number of hydrogen-bond donors (Lipinski definition) is 1. The van der Waals surface area contributed by atoms with E-state index in [0.717, 1.165) is 6.54 Å². The molecule has 0 aliphatic heterocycles. The third-order valence-electron chi connectivity index (χ3n) is 4.24. The molecule has 0 spiro atoms. The van der Waals surface area contributed by atoms with Gasteiger partial charge in [0.25, 0.3) is 0 Å². The normalized spacial score (nSPS) is 14.2. The molecular formula is C18H29N. The first kappa shape index (κ1) is 14.4. The zero-order chi connectivity index (χ0) is 13.3. The molecule has 0 aromatic heterocycles. The molecule has 2 rings (SSSR count). The molecule has 1 heteroatoms. The van der Waals surface area contributed by atoms with Crippen LogP contribution in [0.2, 0.25) is 0 Å². The van der Waals surface area contributed by atoms with Gasteiger partial charge < -0.3 is 5.32 Å². The van der Waals surface area contributed by atoms with Crippen molar-refractivity contribution >= 4 is 5.69 Å². The third-order valence-corrected chi connectivity index (χ3v) is 4.24. The predicted octanol–water partition coefficient (Wildman–Crippen LogP) is 5.34. The van der Waals surface area contributed by atoms with Gasteiger partial charge in [-0.2, -0.15) is 0 Å². The van der Waals surface area contributed by atoms with Gasteiger partial charge in [0.2, 0.25) is 0 Å². The van der Waals surface area contributed by atoms with Crippen LogP contribution in [0.5, 0.6) is 0 Å². The van der Waals surface area contributed by atoms with Crippen molar-refractivity contribution in [2.75, 3.05) is 11.9 Å². The van der Waals surface area contributed by atoms with Gasteiger partial charge in [-0.3, -0.25) is 0 Å². The monoisotopic (exact) mass is 259 g/mol. The lowest BCUT2D eigenvalue weighted by Gasteiger charge is -2.20. The lowest BCUT2D eigenvalue weighted by atomic mass is 9.90. The fraction of sp³-hybridized carbons (Fsp3) is 0.667. The van der Waals surface area contributed by atoms with Crippen LogP contribution in [-0.4, -0.2) is 6.54 Å². The summed E-state index contributed by atoms with van der Waals surface area (Å²) in [7, 11) is 0. The van der Waals surface area contributed by atoms with Crippen LogP contribution < -0.4 is 5.32 Å². The van der Waals surface area contributed by atoms with Gasteiger partial charge in [0.15, 0.2) is 0 Å². The van der Waals surface area contributed by atoms with Crippen LogP contribution in [0.1, 0.15) is 69.4 Å². The number of aryl methyl sites for hydroxylation is 1. The highest BCUT2D eigenvalue weighted by atomic mass is 14.9. The molecule has 0 saturated heterocycles. The molecule has 0 radical (unpaired) electrons. The molecule has 0 fully saturated rings. The predicted molar refractivity (Wildman–Crippen MR) is 84.9 cm³/mol. The molecule has 1 aromatic rings. The number of nitrogens with one attached hydrogen (secondary N) is 1. The van der Waals surface area contributed by atoms with E-state index in [4.69, 9.17) is 0 Å². The van der Waals surface area contributed by atoms with Gasteiger partial charge >= 0.3 is 0 Å². The second kappa shape index (κ2) is 8.24. The Balaban J connectivity index is 1.71. The van der Waals surface area contributed by atoms with Gasteiger partial charge in [0.05, 0.1) is 0 Å². The van der Waals surface area contributed by atoms with E-state index < -0.39 is 0 Å². The Kier molecular flexibility index (Phi) is 6.26. The summed E-state index contributed by atoms with van der Waals surface area (Å²) in [5.74, 6) is 0. The fourth-order valence-corrected chi connectivity index (χ4v) is 3.08. The first-order valence-corrected chi connectivity index (χ1v) is 8.26. The van der Waals surface area contributed by atoms with Gasteiger partial charge in [0, 0.05) is 12.2 Å². The molecule has 1 aromatic carbocycles. The summed E-state index contributed by atoms with van der Waals surface area (Å²) in [5, 5.41) is 3.66. The zero-order valence-corrected chi connectivity index (χ0v) is 12.5. The maximum atomic E-state index is 3.66. The lowest BCUT2D eigenvalue weighted by molar-refractivity contribution is 0.616. The quantitative estimate of drug-likeness (QED) is 0.621. The van der Waals surface area contributed by atoms with Crippen LogP contribution in [0, 0.1) is 0 Å². The topological polar surface area (TPSA) is 12.0 Å². The molecule has 0 unspecified atom stereocenters. The van der Waals surface area contributed by atoms with Gasteiger partial charge in [-0.25, -0.2) is 0 Å². The van der Waals surface area contributed by atoms with Crippen molar-refractivity contribution in [1.82, 2.24) is 0 Å². The third kappa shape index (κ3) is 4.56. The summed E-state index contributed by atoms with van der Waals surface area (Å²) >= 11 is 0. The molecule has 1 nitrogen and oxygen atoms in total. The van der Waals surface area contributed by atoms with Crippen LogP contribution >= 0.6 is 0 Å². The summed E-state index contributed by atoms with van der Waals surface area (Å²) in [5.41, 5.74) is 4.59. The van der Waals surface area contributed by atoms with Gasteiger partial charge in [0.1, 0.15) is 0 Å². The highest BCUT2D eigenvalue weighted by Gasteiger charge is 2.12. The highest BCUT2D eigenvalue weighted by molar-refractivity contribution is 5.55. The Labute approximate surface area is 118 Å². The molecule has 106 valence electrons. The molecule has 0 amide bonds. The molecule has 0 heterocycles. The average molecular weight is 259 g/mol. The minimum Gasteiger partial charge on any atom is -0.385 e. The smallest absolute Gasteiger partial charge is 0.0375 e. The number of unbranched alkanes of at least 4 members (excludes halogenated alkanes) is 5. The Morgan fingerprint density at radius 2 is 1.74 bits per heavy atom. The number of fused-ring (bicyclic) bond motifs is 1. The Morgan fingerprint density at radius 3 is 2.63 bits per heavy atom. The summed E-state index contributed by atoms with van der Waals surface area (Å²) in [6, 6.07) is 6.79. The maximum Gasteiger partial charge on any atom is 0.0375 e. The second-order valence-electron chi connectivity index (χ2n) is 5.84. The van der Waals surface area contributed by atoms with E-state index in [9.17, 15) is 0 Å². The molecule has 1 aliphatic carbocycles. The largest absolute Gasteiger partial charge is 0.385 e. The Bertz CT molecular complexity index is 370. The molecule has 19 heavy (non-hydrogen) atoms. The average Bonchev–Trinajstić information content (AvgIpc) is 2.46. The van der Waals surface area contributed by atoms with Crippen molar-refractivity contribution in [3.8, 4) is 0 Å². The molecule has 1 N–H and O–H groups in total. The molecule has 1 aliphatic rings. The first-order valence-electron chi connectivity index (χ1n) is 8.26. The van der Waals surface area contributed by atoms with Crippen LogP contribution in [0.3, 0.4) is 0 Å². The van der Waals surface area contributed by atoms with Crippen molar-refractivity contribution in [3.63, 3.8) is 0 Å². The second-order valence-corrected chi connectivity index (χ2v) is 5.84. The fourth-order valence-electron chi connectivity index (χ4n) is 3.08. The van der Waals surface area contributed by atoms with Crippen molar-refractivity contribution in [3.05, 3.63) is 29.3 Å². The number of anilines is 1. The van der Waals surface area contributed by atoms with Crippen LogP contribution in [0.15, 0.2) is 18.2 Å². The minimum absolute atomic E-state index is 1.14. The summed E-state index contributed by atoms with van der Waals surface area (Å²) in [6.45, 7) is 3.42. The van der Waals surface area contributed by atoms with E-state index in [1.54, 1.807) is 11.1 Å². The van der Waals surface area contributed by atoms with Gasteiger partial charge in [-0.05, 0) is 49.3 Å². The maximum absolute atomic E-state index is 3.66. The molecule has 0 saturated carbocycles. The number of benzene rings is 1. The lowest BCUT2D eigenvalue weighted by Crippen LogP contribution is -2.09. The standard InChI is InChI=1S/C18H29N/c1-2-3-4-5-6-9-15-19-18-14-10-12-16-11-7-8-13-17(16)18/h10,12,14,19H,2-9,11,13,15H2,1H3.